The van der Waals surface area contributed by atoms with Crippen LogP contribution in [-0.4, -0.2) is 91.5 Å². The molecule has 0 aromatic heterocycles. The molecule has 1 spiro atoms. The van der Waals surface area contributed by atoms with Crippen LogP contribution in [0.3, 0.4) is 0 Å². The Bertz CT molecular complexity index is 1090. The topological polar surface area (TPSA) is 54.5 Å². The SMILES string of the molecule is C[C@H]1CCN([C@H]2C[C@@H](N3C(=O)C4(CCN(C5COC5)CC4)c4ccc(B5OC(C)(C)C(C)(C)O5)cc43)C2)C1. The van der Waals surface area contributed by atoms with E-state index < -0.39 is 12.5 Å². The summed E-state index contributed by atoms with van der Waals surface area (Å²) in [5, 5.41) is 0. The van der Waals surface area contributed by atoms with Gasteiger partial charge in [-0.1, -0.05) is 19.1 Å². The molecule has 5 heterocycles. The Morgan fingerprint density at radius 2 is 1.58 bits per heavy atom. The maximum atomic E-state index is 14.5. The molecule has 1 amide bonds. The number of anilines is 1. The van der Waals surface area contributed by atoms with Gasteiger partial charge in [0.05, 0.1) is 35.9 Å². The van der Waals surface area contributed by atoms with E-state index in [0.717, 1.165) is 69.1 Å². The maximum absolute atomic E-state index is 14.5. The van der Waals surface area contributed by atoms with Crippen LogP contribution in [0.15, 0.2) is 18.2 Å². The number of carbonyl (C=O) groups excluding carboxylic acids is 1. The van der Waals surface area contributed by atoms with Crippen molar-refractivity contribution in [1.82, 2.24) is 9.80 Å². The molecular weight excluding hydrogens is 477 g/mol. The summed E-state index contributed by atoms with van der Waals surface area (Å²) >= 11 is 0. The number of amides is 1. The zero-order valence-corrected chi connectivity index (χ0v) is 23.9. The number of nitrogens with zero attached hydrogens (tertiary/aromatic N) is 3. The van der Waals surface area contributed by atoms with Crippen LogP contribution in [-0.2, 0) is 24.3 Å². The first kappa shape index (κ1) is 25.5. The number of hydrogen-bond acceptors (Lipinski definition) is 6. The van der Waals surface area contributed by atoms with Gasteiger partial charge in [0.1, 0.15) is 0 Å². The summed E-state index contributed by atoms with van der Waals surface area (Å²) in [4.78, 5) is 21.9. The molecule has 1 aromatic rings. The third-order valence-electron chi connectivity index (χ3n) is 11.2. The van der Waals surface area contributed by atoms with Gasteiger partial charge in [0.15, 0.2) is 0 Å². The second-order valence-electron chi connectivity index (χ2n) is 14.0. The summed E-state index contributed by atoms with van der Waals surface area (Å²) in [6.45, 7) is 16.8. The lowest BCUT2D eigenvalue weighted by Gasteiger charge is -2.47. The zero-order valence-electron chi connectivity index (χ0n) is 23.9. The van der Waals surface area contributed by atoms with Crippen molar-refractivity contribution in [2.45, 2.75) is 101 Å². The molecule has 8 heteroatoms. The molecular formula is C30H44BN3O4. The minimum Gasteiger partial charge on any atom is -0.399 e. The molecule has 4 saturated heterocycles. The third-order valence-corrected chi connectivity index (χ3v) is 11.2. The lowest BCUT2D eigenvalue weighted by Crippen LogP contribution is -2.59. The Hall–Kier alpha value is -1.45. The van der Waals surface area contributed by atoms with Gasteiger partial charge in [0.25, 0.3) is 0 Å². The van der Waals surface area contributed by atoms with Gasteiger partial charge in [0, 0.05) is 24.3 Å². The largest absolute Gasteiger partial charge is 0.494 e. The first-order valence-electron chi connectivity index (χ1n) is 15.0. The van der Waals surface area contributed by atoms with Crippen LogP contribution >= 0.6 is 0 Å². The van der Waals surface area contributed by atoms with Crippen molar-refractivity contribution in [3.63, 3.8) is 0 Å². The Kier molecular flexibility index (Phi) is 5.89. The van der Waals surface area contributed by atoms with E-state index in [4.69, 9.17) is 14.0 Å². The third kappa shape index (κ3) is 3.77. The highest BCUT2D eigenvalue weighted by Crippen LogP contribution is 2.51. The summed E-state index contributed by atoms with van der Waals surface area (Å²) in [5.74, 6) is 1.13. The highest BCUT2D eigenvalue weighted by molar-refractivity contribution is 6.62. The standard InChI is InChI=1S/C30H44BN3O4/c1-20-8-11-33(17-20)22-15-23(16-22)34-26-14-21(31-37-28(2,3)29(4,5)38-31)6-7-25(26)30(27(34)35)9-12-32(13-10-30)24-18-36-19-24/h6-7,14,20,22-24H,8-13,15-19H2,1-5H3/t20-,22-,23+/m0/s1. The van der Waals surface area contributed by atoms with Gasteiger partial charge < -0.3 is 18.9 Å². The number of hydrogen-bond donors (Lipinski definition) is 0. The smallest absolute Gasteiger partial charge is 0.399 e. The molecule has 7 rings (SSSR count). The van der Waals surface area contributed by atoms with Gasteiger partial charge in [0.2, 0.25) is 5.91 Å². The summed E-state index contributed by atoms with van der Waals surface area (Å²) in [6.07, 6.45) is 5.25. The van der Waals surface area contributed by atoms with E-state index >= 15 is 0 Å². The van der Waals surface area contributed by atoms with Gasteiger partial charge in [-0.3, -0.25) is 14.6 Å². The van der Waals surface area contributed by atoms with Gasteiger partial charge in [-0.05, 0) is 102 Å². The molecule has 1 aliphatic carbocycles. The highest BCUT2D eigenvalue weighted by Gasteiger charge is 2.57. The summed E-state index contributed by atoms with van der Waals surface area (Å²) in [7, 11) is -0.417. The molecule has 6 aliphatic rings. The number of piperidine rings is 1. The summed E-state index contributed by atoms with van der Waals surface area (Å²) in [5.41, 5.74) is 2.17. The number of likely N-dealkylation sites (tertiary alicyclic amines) is 2. The van der Waals surface area contributed by atoms with Gasteiger partial charge >= 0.3 is 7.12 Å². The van der Waals surface area contributed by atoms with Crippen LogP contribution in [0.4, 0.5) is 5.69 Å². The molecule has 0 N–H and O–H groups in total. The van der Waals surface area contributed by atoms with E-state index in [-0.39, 0.29) is 17.2 Å². The Morgan fingerprint density at radius 1 is 0.895 bits per heavy atom. The minimum atomic E-state index is -0.417. The highest BCUT2D eigenvalue weighted by atomic mass is 16.7. The fourth-order valence-corrected chi connectivity index (χ4v) is 7.65. The fourth-order valence-electron chi connectivity index (χ4n) is 7.65. The molecule has 0 radical (unpaired) electrons. The molecule has 5 aliphatic heterocycles. The second-order valence-corrected chi connectivity index (χ2v) is 14.0. The number of fused-ring (bicyclic) bond motifs is 2. The van der Waals surface area contributed by atoms with Crippen molar-refractivity contribution in [1.29, 1.82) is 0 Å². The van der Waals surface area contributed by atoms with Crippen LogP contribution in [0.5, 0.6) is 0 Å². The predicted molar refractivity (Wildman–Crippen MR) is 149 cm³/mol. The van der Waals surface area contributed by atoms with E-state index in [1.165, 1.54) is 25.1 Å². The lowest BCUT2D eigenvalue weighted by atomic mass is 9.71. The summed E-state index contributed by atoms with van der Waals surface area (Å²) in [6, 6.07) is 8.04. The molecule has 1 aromatic carbocycles. The number of carbonyl (C=O) groups is 1. The summed E-state index contributed by atoms with van der Waals surface area (Å²) < 4.78 is 18.3. The van der Waals surface area contributed by atoms with Crippen molar-refractivity contribution in [3.8, 4) is 0 Å². The van der Waals surface area contributed by atoms with E-state index in [2.05, 4.69) is 67.5 Å². The van der Waals surface area contributed by atoms with Crippen LogP contribution in [0.2, 0.25) is 0 Å². The van der Waals surface area contributed by atoms with Crippen LogP contribution < -0.4 is 10.4 Å². The van der Waals surface area contributed by atoms with Crippen LogP contribution in [0.25, 0.3) is 0 Å². The quantitative estimate of drug-likeness (QED) is 0.569. The number of rotatable bonds is 4. The monoisotopic (exact) mass is 521 g/mol. The lowest BCUT2D eigenvalue weighted by molar-refractivity contribution is -0.128. The van der Waals surface area contributed by atoms with Crippen molar-refractivity contribution < 1.29 is 18.8 Å². The van der Waals surface area contributed by atoms with Crippen LogP contribution in [0.1, 0.15) is 72.3 Å². The first-order valence-corrected chi connectivity index (χ1v) is 15.0. The van der Waals surface area contributed by atoms with Gasteiger partial charge in [-0.25, -0.2) is 0 Å². The van der Waals surface area contributed by atoms with Gasteiger partial charge in [-0.2, -0.15) is 0 Å². The maximum Gasteiger partial charge on any atom is 0.494 e. The van der Waals surface area contributed by atoms with Crippen molar-refractivity contribution >= 4 is 24.2 Å². The van der Waals surface area contributed by atoms with Crippen LogP contribution in [0, 0.1) is 5.92 Å². The van der Waals surface area contributed by atoms with E-state index in [9.17, 15) is 4.79 Å². The average molecular weight is 522 g/mol. The molecule has 0 bridgehead atoms. The van der Waals surface area contributed by atoms with E-state index in [0.29, 0.717) is 18.0 Å². The Labute approximate surface area is 228 Å². The molecule has 206 valence electrons. The Balaban J connectivity index is 1.18. The number of ether oxygens (including phenoxy) is 1. The molecule has 38 heavy (non-hydrogen) atoms. The van der Waals surface area contributed by atoms with Crippen molar-refractivity contribution in [3.05, 3.63) is 23.8 Å². The fraction of sp³-hybridized carbons (Fsp3) is 0.767. The van der Waals surface area contributed by atoms with E-state index in [1.54, 1.807) is 0 Å². The molecule has 0 unspecified atom stereocenters. The van der Waals surface area contributed by atoms with Gasteiger partial charge in [-0.15, -0.1) is 0 Å². The molecule has 1 atom stereocenters. The van der Waals surface area contributed by atoms with E-state index in [1.807, 2.05) is 0 Å². The average Bonchev–Trinajstić information content (AvgIpc) is 3.40. The second kappa shape index (κ2) is 8.78. The van der Waals surface area contributed by atoms with Crippen molar-refractivity contribution in [2.75, 3.05) is 44.3 Å². The normalized spacial score (nSPS) is 34.6. The number of benzene rings is 1. The minimum absolute atomic E-state index is 0.285. The Morgan fingerprint density at radius 3 is 2.16 bits per heavy atom. The molecule has 1 saturated carbocycles. The molecule has 7 nitrogen and oxygen atoms in total. The zero-order chi connectivity index (χ0) is 26.4. The molecule has 5 fully saturated rings. The predicted octanol–water partition coefficient (Wildman–Crippen LogP) is 2.94. The van der Waals surface area contributed by atoms with Crippen molar-refractivity contribution in [2.24, 2.45) is 5.92 Å². The first-order chi connectivity index (χ1) is 18.1.